The van der Waals surface area contributed by atoms with Crippen molar-refractivity contribution in [3.63, 3.8) is 0 Å². The third-order valence-corrected chi connectivity index (χ3v) is 5.02. The molecule has 1 aromatic rings. The summed E-state index contributed by atoms with van der Waals surface area (Å²) in [7, 11) is 3.48. The van der Waals surface area contributed by atoms with Crippen LogP contribution in [0.1, 0.15) is 36.5 Å². The van der Waals surface area contributed by atoms with Crippen LogP contribution in [0.5, 0.6) is 5.75 Å². The van der Waals surface area contributed by atoms with Gasteiger partial charge in [-0.3, -0.25) is 4.90 Å². The van der Waals surface area contributed by atoms with Gasteiger partial charge in [0.15, 0.2) is 0 Å². The molecule has 21 heavy (non-hydrogen) atoms. The van der Waals surface area contributed by atoms with Crippen LogP contribution in [-0.4, -0.2) is 49.5 Å². The van der Waals surface area contributed by atoms with Crippen molar-refractivity contribution in [1.82, 2.24) is 4.90 Å². The number of hydrogen-bond donors (Lipinski definition) is 1. The van der Waals surface area contributed by atoms with Crippen LogP contribution in [0.4, 0.5) is 0 Å². The fourth-order valence-electron chi connectivity index (χ4n) is 3.71. The highest BCUT2D eigenvalue weighted by Crippen LogP contribution is 2.35. The monoisotopic (exact) mass is 291 g/mol. The van der Waals surface area contributed by atoms with Gasteiger partial charge in [-0.2, -0.15) is 0 Å². The second-order valence-corrected chi connectivity index (χ2v) is 6.09. The quantitative estimate of drug-likeness (QED) is 0.926. The first-order valence-corrected chi connectivity index (χ1v) is 7.84. The van der Waals surface area contributed by atoms with E-state index in [1.54, 1.807) is 14.2 Å². The first-order valence-electron chi connectivity index (χ1n) is 7.84. The fraction of sp³-hybridized carbons (Fsp3) is 0.647. The van der Waals surface area contributed by atoms with Crippen LogP contribution in [0.15, 0.2) is 18.2 Å². The molecule has 1 aromatic carbocycles. The van der Waals surface area contributed by atoms with Crippen molar-refractivity contribution in [2.45, 2.75) is 43.9 Å². The molecule has 4 heteroatoms. The molecule has 1 N–H and O–H groups in total. The predicted octanol–water partition coefficient (Wildman–Crippen LogP) is 2.15. The maximum atomic E-state index is 10.7. The summed E-state index contributed by atoms with van der Waals surface area (Å²) in [4.78, 5) is 2.44. The molecule has 1 saturated heterocycles. The lowest BCUT2D eigenvalue weighted by Gasteiger charge is -2.42. The molecule has 3 rings (SSSR count). The number of aryl methyl sites for hydroxylation is 1. The van der Waals surface area contributed by atoms with E-state index in [9.17, 15) is 5.11 Å². The number of hydrogen-bond acceptors (Lipinski definition) is 4. The van der Waals surface area contributed by atoms with Gasteiger partial charge in [-0.05, 0) is 48.9 Å². The van der Waals surface area contributed by atoms with Gasteiger partial charge in [-0.1, -0.05) is 6.07 Å². The number of aliphatic hydroxyl groups is 1. The summed E-state index contributed by atoms with van der Waals surface area (Å²) >= 11 is 0. The number of nitrogens with zero attached hydrogens (tertiary/aromatic N) is 1. The Labute approximate surface area is 126 Å². The van der Waals surface area contributed by atoms with E-state index in [4.69, 9.17) is 9.47 Å². The zero-order valence-electron chi connectivity index (χ0n) is 12.9. The van der Waals surface area contributed by atoms with Gasteiger partial charge < -0.3 is 14.6 Å². The molecule has 0 radical (unpaired) electrons. The second kappa shape index (κ2) is 6.34. The van der Waals surface area contributed by atoms with Gasteiger partial charge in [0, 0.05) is 26.2 Å². The Kier molecular flexibility index (Phi) is 4.48. The van der Waals surface area contributed by atoms with Crippen molar-refractivity contribution in [1.29, 1.82) is 0 Å². The van der Waals surface area contributed by atoms with Gasteiger partial charge in [-0.15, -0.1) is 0 Å². The van der Waals surface area contributed by atoms with Crippen LogP contribution in [0.2, 0.25) is 0 Å². The molecule has 0 amide bonds. The summed E-state index contributed by atoms with van der Waals surface area (Å²) in [5.74, 6) is 0.875. The van der Waals surface area contributed by atoms with Gasteiger partial charge in [0.1, 0.15) is 5.75 Å². The number of likely N-dealkylation sites (tertiary alicyclic amines) is 1. The van der Waals surface area contributed by atoms with Gasteiger partial charge in [0.25, 0.3) is 0 Å². The van der Waals surface area contributed by atoms with E-state index in [1.165, 1.54) is 5.56 Å². The minimum Gasteiger partial charge on any atom is -0.497 e. The average Bonchev–Trinajstić information content (AvgIpc) is 2.55. The van der Waals surface area contributed by atoms with Crippen molar-refractivity contribution >= 4 is 0 Å². The summed E-state index contributed by atoms with van der Waals surface area (Å²) in [6.45, 7) is 2.04. The van der Waals surface area contributed by atoms with Gasteiger partial charge in [-0.25, -0.2) is 0 Å². The Balaban J connectivity index is 1.72. The Morgan fingerprint density at radius 1 is 1.14 bits per heavy atom. The Morgan fingerprint density at radius 2 is 1.90 bits per heavy atom. The fourth-order valence-corrected chi connectivity index (χ4v) is 3.71. The van der Waals surface area contributed by atoms with Crippen molar-refractivity contribution < 1.29 is 14.6 Å². The van der Waals surface area contributed by atoms with Crippen LogP contribution < -0.4 is 4.74 Å². The lowest BCUT2D eigenvalue weighted by atomic mass is 9.84. The molecular formula is C17H25NO3. The lowest BCUT2D eigenvalue weighted by Crippen LogP contribution is -2.47. The number of fused-ring (bicyclic) bond motifs is 1. The molecule has 4 nitrogen and oxygen atoms in total. The minimum atomic E-state index is -0.390. The standard InChI is InChI=1S/C17H25NO3/c1-20-13-7-9-18(10-8-13)16-6-3-12-11-14(21-2)4-5-15(12)17(16)19/h4-5,11,13,16-17,19H,3,6-10H2,1-2H3. The van der Waals surface area contributed by atoms with E-state index in [1.807, 2.05) is 12.1 Å². The molecule has 1 fully saturated rings. The van der Waals surface area contributed by atoms with Crippen molar-refractivity contribution in [3.8, 4) is 5.75 Å². The molecule has 2 unspecified atom stereocenters. The highest BCUT2D eigenvalue weighted by Gasteiger charge is 2.34. The summed E-state index contributed by atoms with van der Waals surface area (Å²) in [5.41, 5.74) is 2.30. The predicted molar refractivity (Wildman–Crippen MR) is 81.7 cm³/mol. The number of piperidine rings is 1. The van der Waals surface area contributed by atoms with Crippen molar-refractivity contribution in [2.24, 2.45) is 0 Å². The molecule has 0 saturated carbocycles. The Morgan fingerprint density at radius 3 is 2.57 bits per heavy atom. The Bertz CT molecular complexity index is 483. The van der Waals surface area contributed by atoms with Gasteiger partial charge in [0.2, 0.25) is 0 Å². The topological polar surface area (TPSA) is 41.9 Å². The largest absolute Gasteiger partial charge is 0.497 e. The molecule has 1 aliphatic heterocycles. The zero-order chi connectivity index (χ0) is 14.8. The highest BCUT2D eigenvalue weighted by atomic mass is 16.5. The first-order chi connectivity index (χ1) is 10.2. The maximum Gasteiger partial charge on any atom is 0.119 e. The number of aliphatic hydroxyl groups excluding tert-OH is 1. The van der Waals surface area contributed by atoms with E-state index in [2.05, 4.69) is 11.0 Å². The van der Waals surface area contributed by atoms with E-state index >= 15 is 0 Å². The normalized spacial score (nSPS) is 27.4. The molecule has 1 aliphatic carbocycles. The van der Waals surface area contributed by atoms with Crippen LogP contribution in [-0.2, 0) is 11.2 Å². The highest BCUT2D eigenvalue weighted by molar-refractivity contribution is 5.39. The van der Waals surface area contributed by atoms with Crippen LogP contribution in [0.3, 0.4) is 0 Å². The smallest absolute Gasteiger partial charge is 0.119 e. The molecule has 116 valence electrons. The second-order valence-electron chi connectivity index (χ2n) is 6.09. The number of ether oxygens (including phenoxy) is 2. The van der Waals surface area contributed by atoms with Crippen LogP contribution >= 0.6 is 0 Å². The molecule has 2 atom stereocenters. The van der Waals surface area contributed by atoms with Crippen molar-refractivity contribution in [3.05, 3.63) is 29.3 Å². The summed E-state index contributed by atoms with van der Waals surface area (Å²) in [6.07, 6.45) is 4.15. The third-order valence-electron chi connectivity index (χ3n) is 5.02. The van der Waals surface area contributed by atoms with E-state index in [0.29, 0.717) is 6.10 Å². The average molecular weight is 291 g/mol. The zero-order valence-corrected chi connectivity index (χ0v) is 12.9. The number of rotatable bonds is 3. The van der Waals surface area contributed by atoms with Gasteiger partial charge in [0.05, 0.1) is 19.3 Å². The molecule has 1 heterocycles. The molecule has 0 bridgehead atoms. The summed E-state index contributed by atoms with van der Waals surface area (Å²) in [5, 5.41) is 10.7. The SMILES string of the molecule is COc1ccc2c(c1)CCC(N1CCC(OC)CC1)C2O. The number of methoxy groups -OCH3 is 2. The molecule has 0 aromatic heterocycles. The summed E-state index contributed by atoms with van der Waals surface area (Å²) in [6, 6.07) is 6.27. The molecule has 0 spiro atoms. The van der Waals surface area contributed by atoms with E-state index < -0.39 is 6.10 Å². The van der Waals surface area contributed by atoms with Crippen molar-refractivity contribution in [2.75, 3.05) is 27.3 Å². The van der Waals surface area contributed by atoms with Crippen LogP contribution in [0.25, 0.3) is 0 Å². The van der Waals surface area contributed by atoms with E-state index in [-0.39, 0.29) is 6.04 Å². The number of benzene rings is 1. The minimum absolute atomic E-state index is 0.240. The first kappa shape index (κ1) is 14.8. The molecule has 2 aliphatic rings. The van der Waals surface area contributed by atoms with E-state index in [0.717, 1.165) is 50.1 Å². The third kappa shape index (κ3) is 2.93. The molecular weight excluding hydrogens is 266 g/mol. The lowest BCUT2D eigenvalue weighted by molar-refractivity contribution is -0.0139. The van der Waals surface area contributed by atoms with Crippen LogP contribution in [0, 0.1) is 0 Å². The maximum absolute atomic E-state index is 10.7. The summed E-state index contributed by atoms with van der Waals surface area (Å²) < 4.78 is 10.7. The van der Waals surface area contributed by atoms with Gasteiger partial charge >= 0.3 is 0 Å². The Hall–Kier alpha value is -1.10.